The molecule has 1 atom stereocenters. The van der Waals surface area contributed by atoms with E-state index in [1.54, 1.807) is 6.07 Å². The normalized spacial score (nSPS) is 18.2. The Morgan fingerprint density at radius 3 is 2.61 bits per heavy atom. The number of hydrogen-bond donors (Lipinski definition) is 1. The Balaban J connectivity index is 1.80. The quantitative estimate of drug-likeness (QED) is 0.819. The predicted molar refractivity (Wildman–Crippen MR) is 77.4 cm³/mol. The summed E-state index contributed by atoms with van der Waals surface area (Å²) in [6, 6.07) is 5.47. The van der Waals surface area contributed by atoms with Crippen LogP contribution in [0.15, 0.2) is 18.2 Å². The van der Waals surface area contributed by atoms with Crippen molar-refractivity contribution in [2.45, 2.75) is 51.0 Å². The van der Waals surface area contributed by atoms with E-state index < -0.39 is 0 Å². The van der Waals surface area contributed by atoms with Gasteiger partial charge in [0, 0.05) is 10.0 Å². The van der Waals surface area contributed by atoms with Gasteiger partial charge in [0.2, 0.25) is 0 Å². The number of aliphatic hydroxyl groups is 1. The van der Waals surface area contributed by atoms with Crippen LogP contribution >= 0.6 is 23.2 Å². The molecule has 0 spiro atoms. The van der Waals surface area contributed by atoms with Crippen molar-refractivity contribution in [3.8, 4) is 0 Å². The van der Waals surface area contributed by atoms with Crippen molar-refractivity contribution < 1.29 is 5.11 Å². The molecule has 0 aliphatic heterocycles. The van der Waals surface area contributed by atoms with Gasteiger partial charge >= 0.3 is 0 Å². The van der Waals surface area contributed by atoms with Crippen LogP contribution in [-0.2, 0) is 6.42 Å². The lowest BCUT2D eigenvalue weighted by molar-refractivity contribution is 0.155. The number of halogens is 2. The molecule has 1 N–H and O–H groups in total. The SMILES string of the molecule is OC(CCC1CCCC1)Cc1ccc(Cl)cc1Cl. The molecule has 1 fully saturated rings. The lowest BCUT2D eigenvalue weighted by Gasteiger charge is -2.14. The Hall–Kier alpha value is -0.240. The largest absolute Gasteiger partial charge is 0.393 e. The van der Waals surface area contributed by atoms with Gasteiger partial charge in [-0.1, -0.05) is 55.0 Å². The Bertz CT molecular complexity index is 386. The highest BCUT2D eigenvalue weighted by molar-refractivity contribution is 6.35. The van der Waals surface area contributed by atoms with Crippen LogP contribution in [-0.4, -0.2) is 11.2 Å². The van der Waals surface area contributed by atoms with Gasteiger partial charge in [-0.05, 0) is 42.9 Å². The summed E-state index contributed by atoms with van der Waals surface area (Å²) in [6.07, 6.45) is 7.78. The molecular weight excluding hydrogens is 267 g/mol. The first-order valence-electron chi connectivity index (χ1n) is 6.77. The maximum Gasteiger partial charge on any atom is 0.0581 e. The molecule has 1 saturated carbocycles. The summed E-state index contributed by atoms with van der Waals surface area (Å²) in [5, 5.41) is 11.4. The van der Waals surface area contributed by atoms with Crippen molar-refractivity contribution >= 4 is 23.2 Å². The Labute approximate surface area is 119 Å². The molecule has 0 saturated heterocycles. The van der Waals surface area contributed by atoms with E-state index in [9.17, 15) is 5.11 Å². The van der Waals surface area contributed by atoms with Crippen molar-refractivity contribution in [2.75, 3.05) is 0 Å². The number of benzene rings is 1. The molecule has 1 aromatic carbocycles. The second kappa shape index (κ2) is 6.79. The molecule has 100 valence electrons. The topological polar surface area (TPSA) is 20.2 Å². The predicted octanol–water partition coefficient (Wildman–Crippen LogP) is 4.87. The third-order valence-electron chi connectivity index (χ3n) is 3.85. The van der Waals surface area contributed by atoms with E-state index in [-0.39, 0.29) is 6.10 Å². The molecule has 0 radical (unpaired) electrons. The molecule has 0 heterocycles. The molecule has 3 heteroatoms. The molecule has 18 heavy (non-hydrogen) atoms. The monoisotopic (exact) mass is 286 g/mol. The molecule has 0 amide bonds. The Morgan fingerprint density at radius 2 is 1.94 bits per heavy atom. The summed E-state index contributed by atoms with van der Waals surface area (Å²) < 4.78 is 0. The zero-order chi connectivity index (χ0) is 13.0. The van der Waals surface area contributed by atoms with Crippen molar-refractivity contribution in [3.63, 3.8) is 0 Å². The fourth-order valence-corrected chi connectivity index (χ4v) is 3.26. The third kappa shape index (κ3) is 4.15. The maximum atomic E-state index is 10.1. The van der Waals surface area contributed by atoms with E-state index in [0.29, 0.717) is 16.5 Å². The summed E-state index contributed by atoms with van der Waals surface area (Å²) in [5.74, 6) is 0.834. The number of rotatable bonds is 5. The van der Waals surface area contributed by atoms with Gasteiger partial charge in [0.05, 0.1) is 6.10 Å². The third-order valence-corrected chi connectivity index (χ3v) is 4.44. The fraction of sp³-hybridized carbons (Fsp3) is 0.600. The van der Waals surface area contributed by atoms with Crippen molar-refractivity contribution in [1.29, 1.82) is 0 Å². The molecule has 1 nitrogen and oxygen atoms in total. The summed E-state index contributed by atoms with van der Waals surface area (Å²) in [5.41, 5.74) is 0.986. The van der Waals surface area contributed by atoms with E-state index >= 15 is 0 Å². The summed E-state index contributed by atoms with van der Waals surface area (Å²) in [7, 11) is 0. The lowest BCUT2D eigenvalue weighted by Crippen LogP contribution is -2.12. The molecule has 1 aromatic rings. The lowest BCUT2D eigenvalue weighted by atomic mass is 9.97. The average molecular weight is 287 g/mol. The highest BCUT2D eigenvalue weighted by atomic mass is 35.5. The van der Waals surface area contributed by atoms with Crippen LogP contribution < -0.4 is 0 Å². The van der Waals surface area contributed by atoms with E-state index in [1.165, 1.54) is 25.7 Å². The number of hydrogen-bond acceptors (Lipinski definition) is 1. The molecular formula is C15H20Cl2O. The molecule has 0 aromatic heterocycles. The van der Waals surface area contributed by atoms with E-state index in [0.717, 1.165) is 24.3 Å². The van der Waals surface area contributed by atoms with Gasteiger partial charge in [0.15, 0.2) is 0 Å². The highest BCUT2D eigenvalue weighted by Gasteiger charge is 2.17. The smallest absolute Gasteiger partial charge is 0.0581 e. The van der Waals surface area contributed by atoms with Crippen LogP contribution in [0.2, 0.25) is 10.0 Å². The molecule has 0 bridgehead atoms. The van der Waals surface area contributed by atoms with Gasteiger partial charge in [0.1, 0.15) is 0 Å². The average Bonchev–Trinajstić information content (AvgIpc) is 2.83. The van der Waals surface area contributed by atoms with Crippen LogP contribution in [0.3, 0.4) is 0 Å². The fourth-order valence-electron chi connectivity index (χ4n) is 2.77. The van der Waals surface area contributed by atoms with Crippen LogP contribution in [0.5, 0.6) is 0 Å². The van der Waals surface area contributed by atoms with Crippen molar-refractivity contribution in [3.05, 3.63) is 33.8 Å². The maximum absolute atomic E-state index is 10.1. The highest BCUT2D eigenvalue weighted by Crippen LogP contribution is 2.30. The first-order chi connectivity index (χ1) is 8.65. The summed E-state index contributed by atoms with van der Waals surface area (Å²) in [6.45, 7) is 0. The number of aliphatic hydroxyl groups excluding tert-OH is 1. The van der Waals surface area contributed by atoms with Gasteiger partial charge in [-0.15, -0.1) is 0 Å². The Kier molecular flexibility index (Phi) is 5.35. The van der Waals surface area contributed by atoms with Gasteiger partial charge in [0.25, 0.3) is 0 Å². The van der Waals surface area contributed by atoms with Gasteiger partial charge in [-0.25, -0.2) is 0 Å². The second-order valence-corrected chi connectivity index (χ2v) is 6.17. The van der Waals surface area contributed by atoms with Crippen LogP contribution in [0.25, 0.3) is 0 Å². The molecule has 1 aliphatic rings. The van der Waals surface area contributed by atoms with Crippen LogP contribution in [0, 0.1) is 5.92 Å². The molecule has 1 unspecified atom stereocenters. The van der Waals surface area contributed by atoms with Crippen molar-refractivity contribution in [2.24, 2.45) is 5.92 Å². The second-order valence-electron chi connectivity index (χ2n) is 5.32. The van der Waals surface area contributed by atoms with Crippen LogP contribution in [0.1, 0.15) is 44.1 Å². The standard InChI is InChI=1S/C15H20Cl2O/c16-13-7-6-12(15(17)10-13)9-14(18)8-5-11-3-1-2-4-11/h6-7,10-11,14,18H,1-5,8-9H2. The minimum atomic E-state index is -0.288. The van der Waals surface area contributed by atoms with E-state index in [4.69, 9.17) is 23.2 Å². The summed E-state index contributed by atoms with van der Waals surface area (Å²) in [4.78, 5) is 0. The summed E-state index contributed by atoms with van der Waals surface area (Å²) >= 11 is 12.0. The van der Waals surface area contributed by atoms with Gasteiger partial charge in [-0.3, -0.25) is 0 Å². The zero-order valence-corrected chi connectivity index (χ0v) is 12.1. The van der Waals surface area contributed by atoms with Crippen LogP contribution in [0.4, 0.5) is 0 Å². The first-order valence-corrected chi connectivity index (χ1v) is 7.52. The van der Waals surface area contributed by atoms with E-state index in [1.807, 2.05) is 12.1 Å². The van der Waals surface area contributed by atoms with E-state index in [2.05, 4.69) is 0 Å². The van der Waals surface area contributed by atoms with Gasteiger partial charge in [-0.2, -0.15) is 0 Å². The Morgan fingerprint density at radius 1 is 1.22 bits per heavy atom. The zero-order valence-electron chi connectivity index (χ0n) is 10.5. The van der Waals surface area contributed by atoms with Crippen molar-refractivity contribution in [1.82, 2.24) is 0 Å². The van der Waals surface area contributed by atoms with Gasteiger partial charge < -0.3 is 5.11 Å². The molecule has 1 aliphatic carbocycles. The minimum absolute atomic E-state index is 0.288. The molecule has 2 rings (SSSR count). The minimum Gasteiger partial charge on any atom is -0.393 e. The first kappa shape index (κ1) is 14.2.